The van der Waals surface area contributed by atoms with E-state index in [1.165, 1.54) is 11.3 Å². The zero-order chi connectivity index (χ0) is 15.2. The topological polar surface area (TPSA) is 71.9 Å². The Hall–Kier alpha value is -1.18. The molecule has 1 aromatic rings. The minimum atomic E-state index is -0.983. The summed E-state index contributed by atoms with van der Waals surface area (Å²) in [7, 11) is 3.30. The Labute approximate surface area is 123 Å². The number of aliphatic carboxylic acids is 1. The average molecular weight is 302 g/mol. The van der Waals surface area contributed by atoms with Crippen molar-refractivity contribution in [1.29, 1.82) is 0 Å². The molecule has 0 saturated carbocycles. The maximum Gasteiger partial charge on any atom is 0.315 e. The predicted molar refractivity (Wildman–Crippen MR) is 78.7 cm³/mol. The van der Waals surface area contributed by atoms with E-state index in [4.69, 9.17) is 9.47 Å². The lowest BCUT2D eigenvalue weighted by atomic mass is 9.90. The second kappa shape index (κ2) is 7.56. The second-order valence-corrected chi connectivity index (χ2v) is 5.75. The molecule has 0 bridgehead atoms. The Morgan fingerprint density at radius 2 is 1.90 bits per heavy atom. The molecule has 6 nitrogen and oxygen atoms in total. The van der Waals surface area contributed by atoms with Crippen LogP contribution in [0.2, 0.25) is 0 Å². The van der Waals surface area contributed by atoms with Crippen LogP contribution in [-0.2, 0) is 19.7 Å². The molecule has 7 heteroatoms. The fraction of sp³-hybridized carbons (Fsp3) is 0.692. The molecule has 0 aromatic carbocycles. The number of ether oxygens (including phenoxy) is 2. The largest absolute Gasteiger partial charge is 0.481 e. The van der Waals surface area contributed by atoms with E-state index in [0.717, 1.165) is 5.13 Å². The summed E-state index contributed by atoms with van der Waals surface area (Å²) in [5, 5.41) is 11.8. The maximum absolute atomic E-state index is 11.3. The van der Waals surface area contributed by atoms with E-state index >= 15 is 0 Å². The van der Waals surface area contributed by atoms with Crippen molar-refractivity contribution in [3.8, 4) is 0 Å². The lowest BCUT2D eigenvalue weighted by Crippen LogP contribution is -2.32. The van der Waals surface area contributed by atoms with Gasteiger partial charge in [0.05, 0.1) is 18.9 Å². The van der Waals surface area contributed by atoms with Crippen LogP contribution < -0.4 is 4.90 Å². The first-order chi connectivity index (χ1) is 9.43. The molecule has 0 fully saturated rings. The Balaban J connectivity index is 2.87. The SMILES string of the molecule is COCCN(CCOC)c1nc(C(C)(C)C(=O)O)cs1. The summed E-state index contributed by atoms with van der Waals surface area (Å²) in [6.45, 7) is 5.87. The smallest absolute Gasteiger partial charge is 0.315 e. The van der Waals surface area contributed by atoms with Crippen LogP contribution >= 0.6 is 11.3 Å². The van der Waals surface area contributed by atoms with Gasteiger partial charge in [0.2, 0.25) is 0 Å². The highest BCUT2D eigenvalue weighted by molar-refractivity contribution is 7.13. The first kappa shape index (κ1) is 16.9. The normalized spacial score (nSPS) is 11.6. The third-order valence-electron chi connectivity index (χ3n) is 3.07. The van der Waals surface area contributed by atoms with E-state index in [9.17, 15) is 9.90 Å². The van der Waals surface area contributed by atoms with Crippen LogP contribution in [0.5, 0.6) is 0 Å². The number of carbonyl (C=O) groups is 1. The fourth-order valence-electron chi connectivity index (χ4n) is 1.51. The van der Waals surface area contributed by atoms with Crippen LogP contribution in [0.1, 0.15) is 19.5 Å². The number of carboxylic acid groups (broad SMARTS) is 1. The molecule has 0 aliphatic rings. The Morgan fingerprint density at radius 3 is 2.35 bits per heavy atom. The second-order valence-electron chi connectivity index (χ2n) is 4.92. The maximum atomic E-state index is 11.3. The highest BCUT2D eigenvalue weighted by Crippen LogP contribution is 2.29. The number of thiazole rings is 1. The summed E-state index contributed by atoms with van der Waals surface area (Å²) < 4.78 is 10.2. The molecule has 0 spiro atoms. The van der Waals surface area contributed by atoms with E-state index in [1.54, 1.807) is 33.4 Å². The molecule has 20 heavy (non-hydrogen) atoms. The summed E-state index contributed by atoms with van der Waals surface area (Å²) in [6, 6.07) is 0. The molecular formula is C13H22N2O4S. The van der Waals surface area contributed by atoms with E-state index < -0.39 is 11.4 Å². The van der Waals surface area contributed by atoms with E-state index in [2.05, 4.69) is 4.98 Å². The summed E-state index contributed by atoms with van der Waals surface area (Å²) >= 11 is 1.44. The summed E-state index contributed by atoms with van der Waals surface area (Å²) in [6.07, 6.45) is 0. The molecule has 0 aliphatic carbocycles. The molecule has 1 N–H and O–H groups in total. The van der Waals surface area contributed by atoms with Crippen molar-refractivity contribution in [2.75, 3.05) is 45.4 Å². The summed E-state index contributed by atoms with van der Waals surface area (Å²) in [5.41, 5.74) is -0.409. The minimum Gasteiger partial charge on any atom is -0.481 e. The van der Waals surface area contributed by atoms with E-state index in [-0.39, 0.29) is 0 Å². The van der Waals surface area contributed by atoms with Gasteiger partial charge in [-0.25, -0.2) is 4.98 Å². The number of anilines is 1. The number of aromatic nitrogens is 1. The van der Waals surface area contributed by atoms with Crippen LogP contribution in [0.25, 0.3) is 0 Å². The van der Waals surface area contributed by atoms with E-state index in [1.807, 2.05) is 4.90 Å². The summed E-state index contributed by atoms with van der Waals surface area (Å²) in [4.78, 5) is 17.8. The zero-order valence-corrected chi connectivity index (χ0v) is 13.2. The molecule has 0 radical (unpaired) electrons. The monoisotopic (exact) mass is 302 g/mol. The average Bonchev–Trinajstić information content (AvgIpc) is 2.89. The van der Waals surface area contributed by atoms with Crippen LogP contribution in [0.4, 0.5) is 5.13 Å². The fourth-order valence-corrected chi connectivity index (χ4v) is 2.56. The predicted octanol–water partition coefficient (Wildman–Crippen LogP) is 1.60. The number of hydrogen-bond acceptors (Lipinski definition) is 6. The molecule has 0 saturated heterocycles. The third kappa shape index (κ3) is 4.16. The van der Waals surface area contributed by atoms with Crippen molar-refractivity contribution in [3.05, 3.63) is 11.1 Å². The van der Waals surface area contributed by atoms with Gasteiger partial charge in [0.1, 0.15) is 5.41 Å². The van der Waals surface area contributed by atoms with Crippen molar-refractivity contribution >= 4 is 22.4 Å². The zero-order valence-electron chi connectivity index (χ0n) is 12.4. The van der Waals surface area contributed by atoms with Crippen molar-refractivity contribution in [3.63, 3.8) is 0 Å². The Kier molecular flexibility index (Phi) is 6.38. The molecule has 0 unspecified atom stereocenters. The number of methoxy groups -OCH3 is 2. The number of hydrogen-bond donors (Lipinski definition) is 1. The first-order valence-electron chi connectivity index (χ1n) is 6.35. The van der Waals surface area contributed by atoms with Crippen LogP contribution in [0.15, 0.2) is 5.38 Å². The van der Waals surface area contributed by atoms with Gasteiger partial charge in [-0.05, 0) is 13.8 Å². The number of nitrogens with zero attached hydrogens (tertiary/aromatic N) is 2. The van der Waals surface area contributed by atoms with Gasteiger partial charge in [-0.3, -0.25) is 4.79 Å². The van der Waals surface area contributed by atoms with Gasteiger partial charge in [-0.15, -0.1) is 11.3 Å². The van der Waals surface area contributed by atoms with Gasteiger partial charge in [0.15, 0.2) is 5.13 Å². The molecule has 1 heterocycles. The highest BCUT2D eigenvalue weighted by Gasteiger charge is 2.32. The number of rotatable bonds is 9. The summed E-state index contributed by atoms with van der Waals surface area (Å²) in [5.74, 6) is -0.880. The van der Waals surface area contributed by atoms with Crippen LogP contribution in [0, 0.1) is 0 Å². The Bertz CT molecular complexity index is 426. The molecule has 0 aliphatic heterocycles. The van der Waals surface area contributed by atoms with Crippen molar-refractivity contribution in [1.82, 2.24) is 4.98 Å². The van der Waals surface area contributed by atoms with E-state index in [0.29, 0.717) is 32.0 Å². The van der Waals surface area contributed by atoms with Crippen LogP contribution in [-0.4, -0.2) is 56.6 Å². The first-order valence-corrected chi connectivity index (χ1v) is 7.23. The molecule has 114 valence electrons. The number of carboxylic acids is 1. The molecule has 1 aromatic heterocycles. The van der Waals surface area contributed by atoms with Gasteiger partial charge >= 0.3 is 5.97 Å². The molecule has 0 amide bonds. The van der Waals surface area contributed by atoms with Gasteiger partial charge in [-0.2, -0.15) is 0 Å². The van der Waals surface area contributed by atoms with Gasteiger partial charge in [-0.1, -0.05) is 0 Å². The van der Waals surface area contributed by atoms with Crippen LogP contribution in [0.3, 0.4) is 0 Å². The van der Waals surface area contributed by atoms with Crippen molar-refractivity contribution < 1.29 is 19.4 Å². The van der Waals surface area contributed by atoms with Gasteiger partial charge in [0, 0.05) is 32.7 Å². The van der Waals surface area contributed by atoms with Gasteiger partial charge < -0.3 is 19.5 Å². The third-order valence-corrected chi connectivity index (χ3v) is 3.97. The highest BCUT2D eigenvalue weighted by atomic mass is 32.1. The van der Waals surface area contributed by atoms with Gasteiger partial charge in [0.25, 0.3) is 0 Å². The van der Waals surface area contributed by atoms with Crippen molar-refractivity contribution in [2.45, 2.75) is 19.3 Å². The molecule has 1 rings (SSSR count). The lowest BCUT2D eigenvalue weighted by molar-refractivity contribution is -0.142. The lowest BCUT2D eigenvalue weighted by Gasteiger charge is -2.21. The Morgan fingerprint density at radius 1 is 1.35 bits per heavy atom. The quantitative estimate of drug-likeness (QED) is 0.747. The van der Waals surface area contributed by atoms with Crippen molar-refractivity contribution in [2.24, 2.45) is 0 Å². The molecule has 0 atom stereocenters. The minimum absolute atomic E-state index is 0.574. The molecular weight excluding hydrogens is 280 g/mol. The standard InChI is InChI=1S/C13H22N2O4S/c1-13(2,11(16)17)10-9-20-12(14-10)15(5-7-18-3)6-8-19-4/h9H,5-8H2,1-4H3,(H,16,17).